The van der Waals surface area contributed by atoms with Crippen LogP contribution in [0.2, 0.25) is 0 Å². The van der Waals surface area contributed by atoms with E-state index in [-0.39, 0.29) is 17.5 Å². The predicted octanol–water partition coefficient (Wildman–Crippen LogP) is 1.75. The average molecular weight is 285 g/mol. The third-order valence-corrected chi connectivity index (χ3v) is 4.87. The first-order valence-electron chi connectivity index (χ1n) is 6.50. The molecule has 7 heteroatoms. The van der Waals surface area contributed by atoms with Gasteiger partial charge in [-0.05, 0) is 31.1 Å². The van der Waals surface area contributed by atoms with E-state index in [0.29, 0.717) is 17.0 Å². The van der Waals surface area contributed by atoms with E-state index >= 15 is 0 Å². The summed E-state index contributed by atoms with van der Waals surface area (Å²) in [4.78, 5) is 22.5. The number of aromatic nitrogens is 3. The summed E-state index contributed by atoms with van der Waals surface area (Å²) in [7, 11) is 0. The molecule has 0 bridgehead atoms. The maximum absolute atomic E-state index is 11.9. The minimum Gasteiger partial charge on any atom is -0.481 e. The molecule has 2 rings (SSSR count). The Kier molecular flexibility index (Phi) is 4.34. The molecule has 6 nitrogen and oxygen atoms in total. The van der Waals surface area contributed by atoms with Gasteiger partial charge < -0.3 is 5.11 Å². The van der Waals surface area contributed by atoms with Crippen LogP contribution in [-0.2, 0) is 4.79 Å². The molecule has 0 amide bonds. The van der Waals surface area contributed by atoms with Crippen LogP contribution in [0.4, 0.5) is 0 Å². The molecule has 0 aliphatic heterocycles. The van der Waals surface area contributed by atoms with Crippen LogP contribution >= 0.6 is 11.8 Å². The normalized spacial score (nSPS) is 27.4. The Bertz CT molecular complexity index is 511. The lowest BCUT2D eigenvalue weighted by atomic mass is 9.79. The van der Waals surface area contributed by atoms with Gasteiger partial charge in [-0.25, -0.2) is 9.89 Å². The SMILES string of the molecule is CC1CCC(n2c(SCC(=O)O)n[nH]c2=O)CC1C. The highest BCUT2D eigenvalue weighted by atomic mass is 32.2. The number of carboxylic acids is 1. The smallest absolute Gasteiger partial charge is 0.344 e. The lowest BCUT2D eigenvalue weighted by molar-refractivity contribution is -0.133. The van der Waals surface area contributed by atoms with Crippen LogP contribution in [0.1, 0.15) is 39.2 Å². The number of thioether (sulfide) groups is 1. The molecule has 1 saturated carbocycles. The van der Waals surface area contributed by atoms with Crippen molar-refractivity contribution in [2.75, 3.05) is 5.75 Å². The Morgan fingerprint density at radius 3 is 2.84 bits per heavy atom. The van der Waals surface area contributed by atoms with Gasteiger partial charge in [0.2, 0.25) is 0 Å². The van der Waals surface area contributed by atoms with E-state index in [4.69, 9.17) is 5.11 Å². The largest absolute Gasteiger partial charge is 0.481 e. The maximum atomic E-state index is 11.9. The highest BCUT2D eigenvalue weighted by Gasteiger charge is 2.28. The van der Waals surface area contributed by atoms with E-state index < -0.39 is 5.97 Å². The first kappa shape index (κ1) is 14.2. The number of rotatable bonds is 4. The van der Waals surface area contributed by atoms with Crippen molar-refractivity contribution >= 4 is 17.7 Å². The fraction of sp³-hybridized carbons (Fsp3) is 0.750. The van der Waals surface area contributed by atoms with Crippen molar-refractivity contribution in [2.45, 2.75) is 44.3 Å². The van der Waals surface area contributed by atoms with Crippen LogP contribution in [-0.4, -0.2) is 31.6 Å². The maximum Gasteiger partial charge on any atom is 0.344 e. The predicted molar refractivity (Wildman–Crippen MR) is 72.4 cm³/mol. The Hall–Kier alpha value is -1.24. The second kappa shape index (κ2) is 5.81. The highest BCUT2D eigenvalue weighted by Crippen LogP contribution is 2.36. The fourth-order valence-corrected chi connectivity index (χ4v) is 3.33. The number of carboxylic acid groups (broad SMARTS) is 1. The first-order valence-corrected chi connectivity index (χ1v) is 7.49. The highest BCUT2D eigenvalue weighted by molar-refractivity contribution is 7.99. The van der Waals surface area contributed by atoms with Crippen LogP contribution in [0.15, 0.2) is 9.95 Å². The summed E-state index contributed by atoms with van der Waals surface area (Å²) in [5, 5.41) is 15.6. The third-order valence-electron chi connectivity index (χ3n) is 3.93. The van der Waals surface area contributed by atoms with Gasteiger partial charge in [0.15, 0.2) is 5.16 Å². The van der Waals surface area contributed by atoms with E-state index in [2.05, 4.69) is 24.0 Å². The van der Waals surface area contributed by atoms with Gasteiger partial charge in [-0.15, -0.1) is 5.10 Å². The van der Waals surface area contributed by atoms with Gasteiger partial charge in [-0.3, -0.25) is 9.36 Å². The number of hydrogen-bond donors (Lipinski definition) is 2. The molecular weight excluding hydrogens is 266 g/mol. The summed E-state index contributed by atoms with van der Waals surface area (Å²) in [6.45, 7) is 4.44. The molecule has 1 aromatic rings. The quantitative estimate of drug-likeness (QED) is 0.823. The Morgan fingerprint density at radius 2 is 2.21 bits per heavy atom. The molecule has 19 heavy (non-hydrogen) atoms. The van der Waals surface area contributed by atoms with Crippen molar-refractivity contribution in [1.82, 2.24) is 14.8 Å². The van der Waals surface area contributed by atoms with Crippen molar-refractivity contribution in [3.05, 3.63) is 10.5 Å². The lowest BCUT2D eigenvalue weighted by Crippen LogP contribution is -2.29. The van der Waals surface area contributed by atoms with Crippen molar-refractivity contribution in [3.8, 4) is 0 Å². The monoisotopic (exact) mass is 285 g/mol. The van der Waals surface area contributed by atoms with E-state index in [1.807, 2.05) is 0 Å². The van der Waals surface area contributed by atoms with Crippen LogP contribution in [0.5, 0.6) is 0 Å². The summed E-state index contributed by atoms with van der Waals surface area (Å²) in [6, 6.07) is 0.133. The summed E-state index contributed by atoms with van der Waals surface area (Å²) < 4.78 is 1.63. The molecule has 0 saturated heterocycles. The van der Waals surface area contributed by atoms with E-state index in [1.165, 1.54) is 0 Å². The van der Waals surface area contributed by atoms with E-state index in [9.17, 15) is 9.59 Å². The zero-order valence-electron chi connectivity index (χ0n) is 11.1. The van der Waals surface area contributed by atoms with Gasteiger partial charge in [0, 0.05) is 6.04 Å². The summed E-state index contributed by atoms with van der Waals surface area (Å²) in [6.07, 6.45) is 2.99. The number of carbonyl (C=O) groups is 1. The van der Waals surface area contributed by atoms with Crippen molar-refractivity contribution in [3.63, 3.8) is 0 Å². The van der Waals surface area contributed by atoms with Crippen molar-refractivity contribution in [2.24, 2.45) is 11.8 Å². The van der Waals surface area contributed by atoms with Crippen LogP contribution in [0.25, 0.3) is 0 Å². The number of aliphatic carboxylic acids is 1. The van der Waals surface area contributed by atoms with Gasteiger partial charge in [0.05, 0.1) is 5.75 Å². The fourth-order valence-electron chi connectivity index (χ4n) is 2.59. The van der Waals surface area contributed by atoms with Gasteiger partial charge in [-0.2, -0.15) is 0 Å². The lowest BCUT2D eigenvalue weighted by Gasteiger charge is -2.32. The standard InChI is InChI=1S/C12H19N3O3S/c1-7-3-4-9(5-8(7)2)15-11(18)13-14-12(15)19-6-10(16)17/h7-9H,3-6H2,1-2H3,(H,13,18)(H,16,17). The van der Waals surface area contributed by atoms with Gasteiger partial charge in [-0.1, -0.05) is 25.6 Å². The molecule has 2 N–H and O–H groups in total. The van der Waals surface area contributed by atoms with Gasteiger partial charge in [0.25, 0.3) is 0 Å². The molecule has 1 heterocycles. The zero-order chi connectivity index (χ0) is 14.0. The average Bonchev–Trinajstić information content (AvgIpc) is 2.71. The number of nitrogens with one attached hydrogen (secondary N) is 1. The molecular formula is C12H19N3O3S. The molecule has 0 spiro atoms. The number of hydrogen-bond acceptors (Lipinski definition) is 4. The summed E-state index contributed by atoms with van der Waals surface area (Å²) >= 11 is 1.09. The molecule has 1 aliphatic carbocycles. The molecule has 1 aromatic heterocycles. The third kappa shape index (κ3) is 3.20. The van der Waals surface area contributed by atoms with Crippen molar-refractivity contribution in [1.29, 1.82) is 0 Å². The van der Waals surface area contributed by atoms with Crippen LogP contribution in [0.3, 0.4) is 0 Å². The second-order valence-corrected chi connectivity index (χ2v) is 6.23. The van der Waals surface area contributed by atoms with Crippen molar-refractivity contribution < 1.29 is 9.90 Å². The Labute approximate surface area is 115 Å². The topological polar surface area (TPSA) is 88.0 Å². The van der Waals surface area contributed by atoms with Gasteiger partial charge in [0.1, 0.15) is 0 Å². The van der Waals surface area contributed by atoms with E-state index in [1.54, 1.807) is 4.57 Å². The summed E-state index contributed by atoms with van der Waals surface area (Å²) in [5.41, 5.74) is -0.236. The molecule has 1 fully saturated rings. The molecule has 1 aliphatic rings. The number of aromatic amines is 1. The molecule has 0 radical (unpaired) electrons. The second-order valence-electron chi connectivity index (χ2n) is 5.29. The Morgan fingerprint density at radius 1 is 1.47 bits per heavy atom. The minimum atomic E-state index is -0.905. The number of H-pyrrole nitrogens is 1. The van der Waals surface area contributed by atoms with Crippen LogP contribution in [0, 0.1) is 11.8 Å². The van der Waals surface area contributed by atoms with Crippen LogP contribution < -0.4 is 5.69 Å². The number of nitrogens with zero attached hydrogens (tertiary/aromatic N) is 2. The van der Waals surface area contributed by atoms with Gasteiger partial charge >= 0.3 is 11.7 Å². The summed E-state index contributed by atoms with van der Waals surface area (Å²) in [5.74, 6) is 0.257. The Balaban J connectivity index is 2.17. The minimum absolute atomic E-state index is 0.0804. The molecule has 106 valence electrons. The zero-order valence-corrected chi connectivity index (χ0v) is 11.9. The van der Waals surface area contributed by atoms with E-state index in [0.717, 1.165) is 31.0 Å². The molecule has 3 atom stereocenters. The molecule has 0 aromatic carbocycles. The first-order chi connectivity index (χ1) is 8.99. The molecule has 3 unspecified atom stereocenters.